The number of allylic oxidation sites excluding steroid dienone is 14. The number of hydrogen-bond acceptors (Lipinski definition) is 6. The van der Waals surface area contributed by atoms with E-state index in [2.05, 4.69) is 106 Å². The molecule has 0 aliphatic carbocycles. The molecule has 6 heteroatoms. The summed E-state index contributed by atoms with van der Waals surface area (Å²) < 4.78 is 16.8. The Bertz CT molecular complexity index is 1300. The molecule has 0 aliphatic rings. The fourth-order valence-electron chi connectivity index (χ4n) is 7.64. The Hall–Kier alpha value is -3.41. The predicted molar refractivity (Wildman–Crippen MR) is 288 cm³/mol. The molecule has 0 aliphatic heterocycles. The number of hydrogen-bond donors (Lipinski definition) is 0. The number of carbonyl (C=O) groups excluding carboxylic acids is 3. The van der Waals surface area contributed by atoms with E-state index >= 15 is 0 Å². The second kappa shape index (κ2) is 55.2. The first-order valence-electron chi connectivity index (χ1n) is 28.1. The molecule has 0 unspecified atom stereocenters. The SMILES string of the molecule is CC/C=C\C/C=C\C/C=C\C/C=C\C/C=C\CCCC(=O)OC[C@H](COC(=O)CCCCCCCCCCC/C=C\CCCCCCCC)OC(=O)CCCCCCC/C=C\CCCCCC. The molecule has 67 heavy (non-hydrogen) atoms. The average molecular weight is 933 g/mol. The van der Waals surface area contributed by atoms with Gasteiger partial charge in [-0.2, -0.15) is 0 Å². The highest BCUT2D eigenvalue weighted by Crippen LogP contribution is 2.14. The Morgan fingerprint density at radius 3 is 1.00 bits per heavy atom. The molecule has 0 bridgehead atoms. The van der Waals surface area contributed by atoms with Gasteiger partial charge < -0.3 is 14.2 Å². The molecule has 0 saturated heterocycles. The average Bonchev–Trinajstić information content (AvgIpc) is 3.33. The highest BCUT2D eigenvalue weighted by atomic mass is 16.6. The van der Waals surface area contributed by atoms with Crippen molar-refractivity contribution in [3.8, 4) is 0 Å². The Balaban J connectivity index is 4.44. The van der Waals surface area contributed by atoms with Crippen molar-refractivity contribution in [2.45, 2.75) is 271 Å². The highest BCUT2D eigenvalue weighted by molar-refractivity contribution is 5.71. The first kappa shape index (κ1) is 63.6. The van der Waals surface area contributed by atoms with Gasteiger partial charge in [-0.15, -0.1) is 0 Å². The number of esters is 3. The summed E-state index contributed by atoms with van der Waals surface area (Å²) in [7, 11) is 0. The van der Waals surface area contributed by atoms with Crippen LogP contribution in [0.1, 0.15) is 265 Å². The summed E-state index contributed by atoms with van der Waals surface area (Å²) in [6.07, 6.45) is 71.5. The van der Waals surface area contributed by atoms with E-state index in [1.807, 2.05) is 0 Å². The van der Waals surface area contributed by atoms with Gasteiger partial charge in [0.05, 0.1) is 0 Å². The van der Waals surface area contributed by atoms with Crippen LogP contribution in [0, 0.1) is 0 Å². The molecule has 0 amide bonds. The van der Waals surface area contributed by atoms with Gasteiger partial charge in [0.25, 0.3) is 0 Å². The minimum Gasteiger partial charge on any atom is -0.462 e. The third-order valence-corrected chi connectivity index (χ3v) is 11.9. The van der Waals surface area contributed by atoms with Crippen LogP contribution in [0.3, 0.4) is 0 Å². The van der Waals surface area contributed by atoms with Crippen molar-refractivity contribution in [3.05, 3.63) is 85.1 Å². The first-order valence-corrected chi connectivity index (χ1v) is 28.1. The fraction of sp³-hybridized carbons (Fsp3) is 0.721. The molecule has 0 aromatic heterocycles. The quantitative estimate of drug-likeness (QED) is 0.0262. The summed E-state index contributed by atoms with van der Waals surface area (Å²) in [5.41, 5.74) is 0. The molecule has 0 N–H and O–H groups in total. The van der Waals surface area contributed by atoms with Crippen molar-refractivity contribution >= 4 is 17.9 Å². The van der Waals surface area contributed by atoms with Crippen LogP contribution in [0.2, 0.25) is 0 Å². The Labute approximate surface area is 414 Å². The molecule has 0 aromatic carbocycles. The van der Waals surface area contributed by atoms with Gasteiger partial charge in [-0.25, -0.2) is 0 Å². The van der Waals surface area contributed by atoms with E-state index < -0.39 is 6.10 Å². The maximum atomic E-state index is 12.8. The van der Waals surface area contributed by atoms with Crippen LogP contribution in [-0.4, -0.2) is 37.2 Å². The molecular formula is C61H104O6. The van der Waals surface area contributed by atoms with Gasteiger partial charge in [-0.1, -0.05) is 221 Å². The van der Waals surface area contributed by atoms with Crippen LogP contribution in [0.5, 0.6) is 0 Å². The smallest absolute Gasteiger partial charge is 0.306 e. The molecule has 0 fully saturated rings. The fourth-order valence-corrected chi connectivity index (χ4v) is 7.64. The van der Waals surface area contributed by atoms with Crippen molar-refractivity contribution in [2.75, 3.05) is 13.2 Å². The summed E-state index contributed by atoms with van der Waals surface area (Å²) in [5.74, 6) is -0.966. The van der Waals surface area contributed by atoms with Crippen molar-refractivity contribution in [1.82, 2.24) is 0 Å². The first-order chi connectivity index (χ1) is 33.0. The molecule has 0 aromatic rings. The summed E-state index contributed by atoms with van der Waals surface area (Å²) >= 11 is 0. The molecule has 0 radical (unpaired) electrons. The van der Waals surface area contributed by atoms with Crippen LogP contribution in [0.4, 0.5) is 0 Å². The van der Waals surface area contributed by atoms with Crippen molar-refractivity contribution in [2.24, 2.45) is 0 Å². The van der Waals surface area contributed by atoms with E-state index in [1.54, 1.807) is 0 Å². The minimum atomic E-state index is -0.804. The molecule has 0 spiro atoms. The lowest BCUT2D eigenvalue weighted by Crippen LogP contribution is -2.30. The lowest BCUT2D eigenvalue weighted by atomic mass is 10.1. The van der Waals surface area contributed by atoms with Crippen LogP contribution >= 0.6 is 0 Å². The third kappa shape index (κ3) is 53.4. The van der Waals surface area contributed by atoms with E-state index in [0.717, 1.165) is 89.9 Å². The maximum Gasteiger partial charge on any atom is 0.306 e. The molecule has 6 nitrogen and oxygen atoms in total. The van der Waals surface area contributed by atoms with Gasteiger partial charge >= 0.3 is 17.9 Å². The van der Waals surface area contributed by atoms with E-state index in [9.17, 15) is 14.4 Å². The Morgan fingerprint density at radius 1 is 0.313 bits per heavy atom. The second-order valence-corrected chi connectivity index (χ2v) is 18.5. The molecular weight excluding hydrogens is 829 g/mol. The lowest BCUT2D eigenvalue weighted by Gasteiger charge is -2.18. The predicted octanol–water partition coefficient (Wildman–Crippen LogP) is 18.8. The summed E-state index contributed by atoms with van der Waals surface area (Å²) in [4.78, 5) is 38.1. The van der Waals surface area contributed by atoms with E-state index in [4.69, 9.17) is 14.2 Å². The topological polar surface area (TPSA) is 78.9 Å². The van der Waals surface area contributed by atoms with Gasteiger partial charge in [0.15, 0.2) is 6.10 Å². The highest BCUT2D eigenvalue weighted by Gasteiger charge is 2.19. The maximum absolute atomic E-state index is 12.8. The summed E-state index contributed by atoms with van der Waals surface area (Å²) in [6, 6.07) is 0. The second-order valence-electron chi connectivity index (χ2n) is 18.5. The van der Waals surface area contributed by atoms with Gasteiger partial charge in [0.1, 0.15) is 13.2 Å². The van der Waals surface area contributed by atoms with E-state index in [1.165, 1.54) is 128 Å². The molecule has 0 saturated carbocycles. The van der Waals surface area contributed by atoms with Crippen LogP contribution in [-0.2, 0) is 28.6 Å². The number of ether oxygens (including phenoxy) is 3. The minimum absolute atomic E-state index is 0.0983. The zero-order chi connectivity index (χ0) is 48.6. The van der Waals surface area contributed by atoms with E-state index in [0.29, 0.717) is 19.3 Å². The lowest BCUT2D eigenvalue weighted by molar-refractivity contribution is -0.167. The normalized spacial score (nSPS) is 12.7. The third-order valence-electron chi connectivity index (χ3n) is 11.9. The molecule has 1 atom stereocenters. The van der Waals surface area contributed by atoms with Crippen molar-refractivity contribution in [3.63, 3.8) is 0 Å². The summed E-state index contributed by atoms with van der Waals surface area (Å²) in [5, 5.41) is 0. The molecule has 384 valence electrons. The van der Waals surface area contributed by atoms with Crippen molar-refractivity contribution in [1.29, 1.82) is 0 Å². The summed E-state index contributed by atoms with van der Waals surface area (Å²) in [6.45, 7) is 6.46. The molecule has 0 heterocycles. The van der Waals surface area contributed by atoms with Gasteiger partial charge in [0.2, 0.25) is 0 Å². The van der Waals surface area contributed by atoms with Crippen LogP contribution in [0.15, 0.2) is 85.1 Å². The number of rotatable bonds is 50. The monoisotopic (exact) mass is 933 g/mol. The zero-order valence-electron chi connectivity index (χ0n) is 43.9. The number of unbranched alkanes of at least 4 members (excludes halogenated alkanes) is 25. The van der Waals surface area contributed by atoms with E-state index in [-0.39, 0.29) is 37.5 Å². The molecule has 0 rings (SSSR count). The van der Waals surface area contributed by atoms with Gasteiger partial charge in [0, 0.05) is 19.3 Å². The Kier molecular flexibility index (Phi) is 52.4. The van der Waals surface area contributed by atoms with Crippen LogP contribution < -0.4 is 0 Å². The zero-order valence-corrected chi connectivity index (χ0v) is 43.9. The standard InChI is InChI=1S/C61H104O6/c1-4-7-10-13-16-19-22-25-27-29-30-32-34-37-39-42-45-48-51-54-60(63)66-57-58(67-61(64)55-52-49-46-43-40-35-24-21-18-15-12-9-6-3)56-65-59(62)53-50-47-44-41-38-36-33-31-28-26-23-20-17-14-11-8-5-2/h8,11,17,20-21,24-28,33,36,41,44,58H,4-7,9-10,12-16,18-19,22-23,29-32,34-35,37-40,42-43,45-57H2,1-3H3/b11-8-,20-17-,24-21-,27-25-,28-26-,36-33-,44-41-/t58-/m1/s1. The van der Waals surface area contributed by atoms with Crippen LogP contribution in [0.25, 0.3) is 0 Å². The van der Waals surface area contributed by atoms with Crippen molar-refractivity contribution < 1.29 is 28.6 Å². The Morgan fingerprint density at radius 2 is 0.597 bits per heavy atom. The largest absolute Gasteiger partial charge is 0.462 e. The number of carbonyl (C=O) groups is 3. The van der Waals surface area contributed by atoms with Gasteiger partial charge in [-0.05, 0) is 109 Å². The van der Waals surface area contributed by atoms with Gasteiger partial charge in [-0.3, -0.25) is 14.4 Å².